The fourth-order valence-corrected chi connectivity index (χ4v) is 2.61. The zero-order chi connectivity index (χ0) is 13.8. The van der Waals surface area contributed by atoms with Crippen molar-refractivity contribution < 1.29 is 9.90 Å². The summed E-state index contributed by atoms with van der Waals surface area (Å²) in [6, 6.07) is 0.291. The standard InChI is InChI=1S/C13H27N3O2/c1-5-14-13(3,12(17)18)10-11(2)16-8-6-15(4)7-9-16/h11,14H,5-10H2,1-4H3,(H,17,18). The largest absolute Gasteiger partial charge is 0.480 e. The number of hydrogen-bond acceptors (Lipinski definition) is 4. The van der Waals surface area contributed by atoms with E-state index in [4.69, 9.17) is 0 Å². The van der Waals surface area contributed by atoms with Crippen molar-refractivity contribution in [2.24, 2.45) is 0 Å². The fraction of sp³-hybridized carbons (Fsp3) is 0.923. The number of carboxylic acid groups (broad SMARTS) is 1. The van der Waals surface area contributed by atoms with Crippen molar-refractivity contribution in [1.82, 2.24) is 15.1 Å². The fourth-order valence-electron chi connectivity index (χ4n) is 2.61. The van der Waals surface area contributed by atoms with Gasteiger partial charge in [-0.1, -0.05) is 6.92 Å². The summed E-state index contributed by atoms with van der Waals surface area (Å²) in [4.78, 5) is 16.1. The van der Waals surface area contributed by atoms with Gasteiger partial charge in [-0.25, -0.2) is 0 Å². The zero-order valence-electron chi connectivity index (χ0n) is 12.1. The molecule has 1 fully saturated rings. The molecule has 0 bridgehead atoms. The average Bonchev–Trinajstić information content (AvgIpc) is 2.29. The van der Waals surface area contributed by atoms with E-state index in [1.807, 2.05) is 6.92 Å². The molecule has 0 aliphatic carbocycles. The van der Waals surface area contributed by atoms with Crippen LogP contribution in [-0.4, -0.2) is 72.2 Å². The number of nitrogens with one attached hydrogen (secondary N) is 1. The van der Waals surface area contributed by atoms with Crippen LogP contribution >= 0.6 is 0 Å². The van der Waals surface area contributed by atoms with Crippen LogP contribution in [0.15, 0.2) is 0 Å². The summed E-state index contributed by atoms with van der Waals surface area (Å²) in [6.07, 6.45) is 0.639. The number of nitrogens with zero attached hydrogens (tertiary/aromatic N) is 2. The molecule has 0 aromatic heterocycles. The number of carbonyl (C=O) groups is 1. The van der Waals surface area contributed by atoms with Crippen molar-refractivity contribution in [3.63, 3.8) is 0 Å². The molecule has 1 heterocycles. The minimum Gasteiger partial charge on any atom is -0.480 e. The summed E-state index contributed by atoms with van der Waals surface area (Å²) in [7, 11) is 2.13. The second-order valence-electron chi connectivity index (χ2n) is 5.56. The van der Waals surface area contributed by atoms with E-state index < -0.39 is 11.5 Å². The highest BCUT2D eigenvalue weighted by Gasteiger charge is 2.35. The minimum atomic E-state index is -0.822. The number of hydrogen-bond donors (Lipinski definition) is 2. The Balaban J connectivity index is 2.56. The van der Waals surface area contributed by atoms with Gasteiger partial charge in [-0.15, -0.1) is 0 Å². The summed E-state index contributed by atoms with van der Waals surface area (Å²) in [5.41, 5.74) is -0.822. The van der Waals surface area contributed by atoms with Crippen LogP contribution in [0.1, 0.15) is 27.2 Å². The van der Waals surface area contributed by atoms with Gasteiger partial charge in [-0.05, 0) is 33.9 Å². The lowest BCUT2D eigenvalue weighted by atomic mass is 9.92. The van der Waals surface area contributed by atoms with Gasteiger partial charge in [0.15, 0.2) is 0 Å². The van der Waals surface area contributed by atoms with Crippen molar-refractivity contribution in [3.8, 4) is 0 Å². The van der Waals surface area contributed by atoms with E-state index in [-0.39, 0.29) is 0 Å². The molecular formula is C13H27N3O2. The smallest absolute Gasteiger partial charge is 0.323 e. The van der Waals surface area contributed by atoms with Crippen molar-refractivity contribution in [3.05, 3.63) is 0 Å². The predicted molar refractivity (Wildman–Crippen MR) is 72.9 cm³/mol. The van der Waals surface area contributed by atoms with Crippen molar-refractivity contribution >= 4 is 5.97 Å². The maximum absolute atomic E-state index is 11.4. The van der Waals surface area contributed by atoms with E-state index in [0.29, 0.717) is 19.0 Å². The van der Waals surface area contributed by atoms with Crippen LogP contribution in [0.4, 0.5) is 0 Å². The molecule has 0 amide bonds. The van der Waals surface area contributed by atoms with E-state index >= 15 is 0 Å². The zero-order valence-corrected chi connectivity index (χ0v) is 12.1. The molecule has 5 heteroatoms. The van der Waals surface area contributed by atoms with E-state index in [0.717, 1.165) is 26.2 Å². The Hall–Kier alpha value is -0.650. The summed E-state index contributed by atoms with van der Waals surface area (Å²) in [6.45, 7) is 10.7. The van der Waals surface area contributed by atoms with E-state index in [1.165, 1.54) is 0 Å². The Kier molecular flexibility index (Phi) is 5.56. The highest BCUT2D eigenvalue weighted by atomic mass is 16.4. The van der Waals surface area contributed by atoms with Crippen molar-refractivity contribution in [2.75, 3.05) is 39.8 Å². The van der Waals surface area contributed by atoms with Crippen LogP contribution < -0.4 is 5.32 Å². The van der Waals surface area contributed by atoms with Gasteiger partial charge in [0.05, 0.1) is 0 Å². The molecule has 2 atom stereocenters. The van der Waals surface area contributed by atoms with Gasteiger partial charge in [0.2, 0.25) is 0 Å². The Bertz CT molecular complexity index is 277. The molecule has 1 aliphatic rings. The van der Waals surface area contributed by atoms with Crippen molar-refractivity contribution in [2.45, 2.75) is 38.8 Å². The third kappa shape index (κ3) is 3.93. The number of aliphatic carboxylic acids is 1. The second-order valence-corrected chi connectivity index (χ2v) is 5.56. The topological polar surface area (TPSA) is 55.8 Å². The molecule has 2 unspecified atom stereocenters. The van der Waals surface area contributed by atoms with E-state index in [2.05, 4.69) is 29.1 Å². The molecular weight excluding hydrogens is 230 g/mol. The third-order valence-electron chi connectivity index (χ3n) is 3.90. The molecule has 106 valence electrons. The minimum absolute atomic E-state index is 0.291. The van der Waals surface area contributed by atoms with Gasteiger partial charge >= 0.3 is 5.97 Å². The van der Waals surface area contributed by atoms with Gasteiger partial charge in [-0.2, -0.15) is 0 Å². The molecule has 0 spiro atoms. The Morgan fingerprint density at radius 1 is 1.39 bits per heavy atom. The normalized spacial score (nSPS) is 23.6. The maximum atomic E-state index is 11.4. The first-order chi connectivity index (χ1) is 8.39. The van der Waals surface area contributed by atoms with E-state index in [9.17, 15) is 9.90 Å². The summed E-state index contributed by atoms with van der Waals surface area (Å²) >= 11 is 0. The molecule has 18 heavy (non-hydrogen) atoms. The lowest BCUT2D eigenvalue weighted by Crippen LogP contribution is -2.55. The summed E-state index contributed by atoms with van der Waals surface area (Å²) < 4.78 is 0. The van der Waals surface area contributed by atoms with Gasteiger partial charge < -0.3 is 15.3 Å². The van der Waals surface area contributed by atoms with Crippen LogP contribution in [0.2, 0.25) is 0 Å². The van der Waals surface area contributed by atoms with Gasteiger partial charge in [0, 0.05) is 32.2 Å². The van der Waals surface area contributed by atoms with Gasteiger partial charge in [0.25, 0.3) is 0 Å². The van der Waals surface area contributed by atoms with Gasteiger partial charge in [0.1, 0.15) is 5.54 Å². The van der Waals surface area contributed by atoms with Crippen LogP contribution in [0.3, 0.4) is 0 Å². The Morgan fingerprint density at radius 3 is 2.39 bits per heavy atom. The maximum Gasteiger partial charge on any atom is 0.323 e. The van der Waals surface area contributed by atoms with Crippen LogP contribution in [0.25, 0.3) is 0 Å². The molecule has 0 saturated carbocycles. The number of rotatable bonds is 6. The second kappa shape index (κ2) is 6.50. The number of likely N-dealkylation sites (N-methyl/N-ethyl adjacent to an activating group) is 2. The number of carboxylic acids is 1. The molecule has 2 N–H and O–H groups in total. The molecule has 1 aliphatic heterocycles. The first-order valence-corrected chi connectivity index (χ1v) is 6.80. The third-order valence-corrected chi connectivity index (χ3v) is 3.90. The first kappa shape index (κ1) is 15.4. The average molecular weight is 257 g/mol. The van der Waals surface area contributed by atoms with Crippen LogP contribution in [0, 0.1) is 0 Å². The molecule has 1 rings (SSSR count). The summed E-state index contributed by atoms with van der Waals surface area (Å²) in [5.74, 6) is -0.759. The number of piperazine rings is 1. The quantitative estimate of drug-likeness (QED) is 0.724. The SMILES string of the molecule is CCNC(C)(CC(C)N1CCN(C)CC1)C(=O)O. The van der Waals surface area contributed by atoms with E-state index in [1.54, 1.807) is 6.92 Å². The molecule has 0 radical (unpaired) electrons. The highest BCUT2D eigenvalue weighted by molar-refractivity contribution is 5.78. The molecule has 5 nitrogen and oxygen atoms in total. The Labute approximate surface area is 110 Å². The molecule has 0 aromatic carbocycles. The lowest BCUT2D eigenvalue weighted by Gasteiger charge is -2.39. The monoisotopic (exact) mass is 257 g/mol. The first-order valence-electron chi connectivity index (χ1n) is 6.80. The molecule has 0 aromatic rings. The highest BCUT2D eigenvalue weighted by Crippen LogP contribution is 2.18. The van der Waals surface area contributed by atoms with Gasteiger partial charge in [-0.3, -0.25) is 9.69 Å². The Morgan fingerprint density at radius 2 is 1.94 bits per heavy atom. The van der Waals surface area contributed by atoms with Crippen LogP contribution in [0.5, 0.6) is 0 Å². The lowest BCUT2D eigenvalue weighted by molar-refractivity contribution is -0.145. The molecule has 1 saturated heterocycles. The predicted octanol–water partition coefficient (Wildman–Crippen LogP) is 0.465. The van der Waals surface area contributed by atoms with Crippen LogP contribution in [-0.2, 0) is 4.79 Å². The van der Waals surface area contributed by atoms with Crippen molar-refractivity contribution in [1.29, 1.82) is 0 Å². The summed E-state index contributed by atoms with van der Waals surface area (Å²) in [5, 5.41) is 12.5.